The molecule has 1 saturated carbocycles. The number of carboxylic acid groups (broad SMARTS) is 1. The third-order valence-corrected chi connectivity index (χ3v) is 6.03. The molecule has 2 aliphatic rings. The molecule has 29 heavy (non-hydrogen) atoms. The van der Waals surface area contributed by atoms with Crippen molar-refractivity contribution < 1.29 is 19.2 Å². The first-order chi connectivity index (χ1) is 13.9. The highest BCUT2D eigenvalue weighted by atomic mass is 35.5. The monoisotopic (exact) mass is 437 g/mol. The lowest BCUT2D eigenvalue weighted by Crippen LogP contribution is -2.53. The Kier molecular flexibility index (Phi) is 5.81. The molecule has 0 bridgehead atoms. The summed E-state index contributed by atoms with van der Waals surface area (Å²) in [5.41, 5.74) is 0.648. The topological polar surface area (TPSA) is 95.7 Å². The first kappa shape index (κ1) is 20.2. The Labute approximate surface area is 177 Å². The molecule has 9 heteroatoms. The number of benzene rings is 1. The van der Waals surface area contributed by atoms with E-state index < -0.39 is 23.8 Å². The number of carbonyl (C=O) groups excluding carboxylic acids is 1. The Hall–Kier alpha value is -2.09. The van der Waals surface area contributed by atoms with Crippen LogP contribution in [0.3, 0.4) is 0 Å². The zero-order valence-corrected chi connectivity index (χ0v) is 17.1. The quantitative estimate of drug-likeness (QED) is 0.716. The van der Waals surface area contributed by atoms with Crippen LogP contribution in [-0.2, 0) is 4.79 Å². The molecule has 2 N–H and O–H groups in total. The Balaban J connectivity index is 1.43. The van der Waals surface area contributed by atoms with Crippen molar-refractivity contribution in [2.75, 3.05) is 19.6 Å². The van der Waals surface area contributed by atoms with Crippen LogP contribution >= 0.6 is 23.2 Å². The van der Waals surface area contributed by atoms with Crippen LogP contribution in [0, 0.1) is 11.8 Å². The number of nitrogens with zero attached hydrogens (tertiary/aromatic N) is 2. The molecule has 1 aromatic carbocycles. The molecule has 2 aromatic rings. The second kappa shape index (κ2) is 8.34. The number of aromatic nitrogens is 1. The van der Waals surface area contributed by atoms with E-state index in [1.165, 1.54) is 18.9 Å². The van der Waals surface area contributed by atoms with Crippen LogP contribution in [0.4, 0.5) is 0 Å². The van der Waals surface area contributed by atoms with Gasteiger partial charge in [-0.1, -0.05) is 28.4 Å². The number of nitrogens with one attached hydrogen (secondary N) is 1. The maximum absolute atomic E-state index is 12.6. The molecule has 2 heterocycles. The van der Waals surface area contributed by atoms with Gasteiger partial charge in [-0.25, -0.2) is 0 Å². The second-order valence-corrected chi connectivity index (χ2v) is 8.56. The fraction of sp³-hybridized carbons (Fsp3) is 0.450. The van der Waals surface area contributed by atoms with Gasteiger partial charge < -0.3 is 19.8 Å². The molecule has 1 amide bonds. The fourth-order valence-corrected chi connectivity index (χ4v) is 4.22. The maximum Gasteiger partial charge on any atom is 0.309 e. The van der Waals surface area contributed by atoms with Crippen molar-refractivity contribution in [2.24, 2.45) is 11.8 Å². The number of likely N-dealkylation sites (tertiary alicyclic amines) is 1. The van der Waals surface area contributed by atoms with Crippen molar-refractivity contribution in [1.82, 2.24) is 15.4 Å². The van der Waals surface area contributed by atoms with Crippen LogP contribution in [0.5, 0.6) is 0 Å². The van der Waals surface area contributed by atoms with Crippen molar-refractivity contribution >= 4 is 35.1 Å². The number of hydrogen-bond donors (Lipinski definition) is 2. The zero-order valence-electron chi connectivity index (χ0n) is 15.6. The van der Waals surface area contributed by atoms with Gasteiger partial charge in [0.1, 0.15) is 0 Å². The van der Waals surface area contributed by atoms with Gasteiger partial charge in [0, 0.05) is 42.3 Å². The largest absolute Gasteiger partial charge is 0.481 e. The van der Waals surface area contributed by atoms with Crippen molar-refractivity contribution in [2.45, 2.75) is 25.3 Å². The van der Waals surface area contributed by atoms with Crippen LogP contribution in [0.15, 0.2) is 28.8 Å². The van der Waals surface area contributed by atoms with Crippen LogP contribution in [-0.4, -0.2) is 52.7 Å². The van der Waals surface area contributed by atoms with Crippen LogP contribution < -0.4 is 5.32 Å². The SMILES string of the molecule is O=C(N[C@@H]1CCN(CC2CC2)C[C@H]1C(=O)O)c1cc(-c2ccc(Cl)cc2Cl)on1. The number of carbonyl (C=O) groups is 2. The van der Waals surface area contributed by atoms with Gasteiger partial charge in [0.2, 0.25) is 0 Å². The first-order valence-electron chi connectivity index (χ1n) is 9.59. The minimum Gasteiger partial charge on any atom is -0.481 e. The second-order valence-electron chi connectivity index (χ2n) is 7.72. The van der Waals surface area contributed by atoms with Crippen LogP contribution in [0.2, 0.25) is 10.0 Å². The van der Waals surface area contributed by atoms with E-state index in [0.29, 0.717) is 40.3 Å². The summed E-state index contributed by atoms with van der Waals surface area (Å²) in [7, 11) is 0. The average Bonchev–Trinajstić information content (AvgIpc) is 3.35. The molecule has 0 spiro atoms. The highest BCUT2D eigenvalue weighted by Crippen LogP contribution is 2.32. The highest BCUT2D eigenvalue weighted by Gasteiger charge is 2.37. The summed E-state index contributed by atoms with van der Waals surface area (Å²) in [5.74, 6) is -0.972. The molecule has 0 radical (unpaired) electrons. The zero-order chi connectivity index (χ0) is 20.5. The average molecular weight is 438 g/mol. The molecule has 1 aliphatic heterocycles. The number of piperidine rings is 1. The summed E-state index contributed by atoms with van der Waals surface area (Å²) < 4.78 is 5.26. The summed E-state index contributed by atoms with van der Waals surface area (Å²) in [6.07, 6.45) is 3.03. The number of halogens is 2. The summed E-state index contributed by atoms with van der Waals surface area (Å²) >= 11 is 12.1. The molecular formula is C20H21Cl2N3O4. The molecule has 7 nitrogen and oxygen atoms in total. The van der Waals surface area contributed by atoms with E-state index in [9.17, 15) is 14.7 Å². The van der Waals surface area contributed by atoms with Gasteiger partial charge >= 0.3 is 5.97 Å². The van der Waals surface area contributed by atoms with Crippen molar-refractivity contribution in [3.8, 4) is 11.3 Å². The van der Waals surface area contributed by atoms with Gasteiger partial charge in [-0.2, -0.15) is 0 Å². The highest BCUT2D eigenvalue weighted by molar-refractivity contribution is 6.36. The normalized spacial score (nSPS) is 22.4. The standard InChI is InChI=1S/C20H21Cl2N3O4/c21-12-3-4-13(15(22)7-12)18-8-17(24-29-18)19(26)23-16-5-6-25(9-11-1-2-11)10-14(16)20(27)28/h3-4,7-8,11,14,16H,1-2,5-6,9-10H2,(H,23,26)(H,27,28)/t14-,16-/m1/s1. The van der Waals surface area contributed by atoms with Gasteiger partial charge in [-0.3, -0.25) is 9.59 Å². The minimum atomic E-state index is -0.899. The Morgan fingerprint density at radius 2 is 2.03 bits per heavy atom. The molecule has 0 unspecified atom stereocenters. The van der Waals surface area contributed by atoms with E-state index in [1.807, 2.05) is 0 Å². The van der Waals surface area contributed by atoms with Crippen molar-refractivity contribution in [3.05, 3.63) is 40.0 Å². The molecule has 2 fully saturated rings. The smallest absolute Gasteiger partial charge is 0.309 e. The number of carboxylic acids is 1. The van der Waals surface area contributed by atoms with Gasteiger partial charge in [0.05, 0.1) is 10.9 Å². The lowest BCUT2D eigenvalue weighted by atomic mass is 9.91. The van der Waals surface area contributed by atoms with Crippen molar-refractivity contribution in [3.63, 3.8) is 0 Å². The molecule has 1 saturated heterocycles. The predicted octanol–water partition coefficient (Wildman–Crippen LogP) is 3.56. The lowest BCUT2D eigenvalue weighted by molar-refractivity contribution is -0.144. The molecular weight excluding hydrogens is 417 g/mol. The Morgan fingerprint density at radius 3 is 2.72 bits per heavy atom. The minimum absolute atomic E-state index is 0.0792. The van der Waals surface area contributed by atoms with Crippen LogP contribution in [0.25, 0.3) is 11.3 Å². The first-order valence-corrected chi connectivity index (χ1v) is 10.3. The number of aliphatic carboxylic acids is 1. The maximum atomic E-state index is 12.6. The fourth-order valence-electron chi connectivity index (χ4n) is 3.71. The molecule has 154 valence electrons. The number of amides is 1. The third kappa shape index (κ3) is 4.74. The van der Waals surface area contributed by atoms with E-state index in [4.69, 9.17) is 27.7 Å². The van der Waals surface area contributed by atoms with E-state index in [0.717, 1.165) is 13.1 Å². The molecule has 1 aliphatic carbocycles. The van der Waals surface area contributed by atoms with Gasteiger partial charge in [0.25, 0.3) is 5.91 Å². The summed E-state index contributed by atoms with van der Waals surface area (Å²) in [5, 5.41) is 17.1. The summed E-state index contributed by atoms with van der Waals surface area (Å²) in [6.45, 7) is 2.16. The summed E-state index contributed by atoms with van der Waals surface area (Å²) in [6, 6.07) is 5.96. The Morgan fingerprint density at radius 1 is 1.24 bits per heavy atom. The van der Waals surface area contributed by atoms with E-state index in [2.05, 4.69) is 15.4 Å². The third-order valence-electron chi connectivity index (χ3n) is 5.48. The van der Waals surface area contributed by atoms with Gasteiger partial charge in [-0.05, 0) is 43.4 Å². The van der Waals surface area contributed by atoms with Crippen molar-refractivity contribution in [1.29, 1.82) is 0 Å². The molecule has 4 rings (SSSR count). The summed E-state index contributed by atoms with van der Waals surface area (Å²) in [4.78, 5) is 26.6. The number of hydrogen-bond acceptors (Lipinski definition) is 5. The lowest BCUT2D eigenvalue weighted by Gasteiger charge is -2.36. The molecule has 2 atom stereocenters. The Bertz CT molecular complexity index is 928. The van der Waals surface area contributed by atoms with E-state index in [1.54, 1.807) is 18.2 Å². The van der Waals surface area contributed by atoms with Gasteiger partial charge in [-0.15, -0.1) is 0 Å². The van der Waals surface area contributed by atoms with Gasteiger partial charge in [0.15, 0.2) is 11.5 Å². The van der Waals surface area contributed by atoms with Crippen LogP contribution in [0.1, 0.15) is 29.8 Å². The predicted molar refractivity (Wildman–Crippen MR) is 108 cm³/mol. The van der Waals surface area contributed by atoms with E-state index in [-0.39, 0.29) is 5.69 Å². The van der Waals surface area contributed by atoms with E-state index >= 15 is 0 Å². The number of rotatable bonds is 6. The molecule has 1 aromatic heterocycles.